The van der Waals surface area contributed by atoms with Crippen molar-refractivity contribution in [3.63, 3.8) is 0 Å². The molecular weight excluding hydrogens is 393 g/mol. The van der Waals surface area contributed by atoms with Gasteiger partial charge in [-0.05, 0) is 48.3 Å². The Hall–Kier alpha value is -2.94. The summed E-state index contributed by atoms with van der Waals surface area (Å²) in [6, 6.07) is 4.90. The number of aryl methyl sites for hydroxylation is 1. The number of rotatable bonds is 2. The maximum Gasteiger partial charge on any atom is 0.416 e. The molecule has 0 unspecified atom stereocenters. The predicted octanol–water partition coefficient (Wildman–Crippen LogP) is 3.09. The van der Waals surface area contributed by atoms with Gasteiger partial charge in [0.2, 0.25) is 0 Å². The summed E-state index contributed by atoms with van der Waals surface area (Å²) < 4.78 is 40.2. The lowest BCUT2D eigenvalue weighted by Crippen LogP contribution is -2.23. The molecule has 0 radical (unpaired) electrons. The van der Waals surface area contributed by atoms with E-state index in [1.807, 2.05) is 0 Å². The van der Waals surface area contributed by atoms with E-state index in [0.29, 0.717) is 35.5 Å². The number of carbonyl (C=O) groups is 1. The number of thiophene rings is 1. The van der Waals surface area contributed by atoms with E-state index in [4.69, 9.17) is 0 Å². The number of fused-ring (bicyclic) bond motifs is 2. The highest BCUT2D eigenvalue weighted by Crippen LogP contribution is 2.33. The van der Waals surface area contributed by atoms with Crippen LogP contribution in [0.5, 0.6) is 0 Å². The summed E-state index contributed by atoms with van der Waals surface area (Å²) in [6.45, 7) is 1.87. The van der Waals surface area contributed by atoms with Crippen LogP contribution >= 0.6 is 11.3 Å². The molecule has 28 heavy (non-hydrogen) atoms. The number of carbonyl (C=O) groups excluding carboxylic acids is 1. The number of halogens is 3. The van der Waals surface area contributed by atoms with Gasteiger partial charge in [-0.25, -0.2) is 4.98 Å². The van der Waals surface area contributed by atoms with Crippen molar-refractivity contribution in [3.05, 3.63) is 62.0 Å². The van der Waals surface area contributed by atoms with Crippen molar-refractivity contribution in [1.82, 2.24) is 9.55 Å². The van der Waals surface area contributed by atoms with Crippen LogP contribution in [0.1, 0.15) is 38.6 Å². The summed E-state index contributed by atoms with van der Waals surface area (Å²) >= 11 is 0.864. The van der Waals surface area contributed by atoms with Gasteiger partial charge in [-0.3, -0.25) is 9.36 Å². The van der Waals surface area contributed by atoms with E-state index >= 15 is 0 Å². The minimum absolute atomic E-state index is 0.0488. The molecule has 4 rings (SSSR count). The molecule has 5 nitrogen and oxygen atoms in total. The fourth-order valence-corrected chi connectivity index (χ4v) is 4.36. The van der Waals surface area contributed by atoms with Crippen LogP contribution in [0.3, 0.4) is 0 Å². The molecule has 0 saturated heterocycles. The summed E-state index contributed by atoms with van der Waals surface area (Å²) in [5.74, 6) is -1.02. The highest BCUT2D eigenvalue weighted by atomic mass is 32.1. The molecule has 0 aliphatic carbocycles. The largest absolute Gasteiger partial charge is 0.544 e. The molecule has 3 heterocycles. The summed E-state index contributed by atoms with van der Waals surface area (Å²) in [6.07, 6.45) is -2.42. The summed E-state index contributed by atoms with van der Waals surface area (Å²) in [5.41, 5.74) is 0.190. The van der Waals surface area contributed by atoms with Crippen LogP contribution in [0.15, 0.2) is 29.1 Å². The first kappa shape index (κ1) is 18.4. The Labute approximate surface area is 160 Å². The number of carboxylic acids is 1. The smallest absolute Gasteiger partial charge is 0.416 e. The van der Waals surface area contributed by atoms with E-state index in [-0.39, 0.29) is 20.7 Å². The number of carboxylic acid groups (broad SMARTS) is 1. The molecular formula is C19H12F3N2O3S-. The Morgan fingerprint density at radius 3 is 2.79 bits per heavy atom. The van der Waals surface area contributed by atoms with E-state index in [9.17, 15) is 27.9 Å². The Kier molecular flexibility index (Phi) is 4.15. The second-order valence-electron chi connectivity index (χ2n) is 6.46. The van der Waals surface area contributed by atoms with Crippen LogP contribution in [0.2, 0.25) is 0 Å². The van der Waals surface area contributed by atoms with Gasteiger partial charge in [0.1, 0.15) is 10.7 Å². The van der Waals surface area contributed by atoms with E-state index in [0.717, 1.165) is 23.5 Å². The Morgan fingerprint density at radius 1 is 1.36 bits per heavy atom. The Balaban J connectivity index is 1.86. The van der Waals surface area contributed by atoms with E-state index < -0.39 is 17.7 Å². The minimum atomic E-state index is -4.45. The van der Waals surface area contributed by atoms with Crippen LogP contribution < -0.4 is 10.7 Å². The number of alkyl halides is 3. The van der Waals surface area contributed by atoms with Gasteiger partial charge in [-0.1, -0.05) is 12.1 Å². The zero-order valence-electron chi connectivity index (χ0n) is 14.5. The molecule has 2 aromatic heterocycles. The van der Waals surface area contributed by atoms with Crippen molar-refractivity contribution < 1.29 is 23.1 Å². The lowest BCUT2D eigenvalue weighted by Gasteiger charge is -2.07. The van der Waals surface area contributed by atoms with Gasteiger partial charge in [0.05, 0.1) is 21.8 Å². The van der Waals surface area contributed by atoms with Crippen LogP contribution in [0.4, 0.5) is 13.2 Å². The molecule has 1 aromatic carbocycles. The van der Waals surface area contributed by atoms with Gasteiger partial charge < -0.3 is 9.90 Å². The van der Waals surface area contributed by atoms with Gasteiger partial charge in [0.25, 0.3) is 5.56 Å². The molecule has 0 amide bonds. The zero-order chi connectivity index (χ0) is 20.2. The molecule has 1 aliphatic heterocycles. The monoisotopic (exact) mass is 405 g/mol. The highest BCUT2D eigenvalue weighted by molar-refractivity contribution is 7.20. The van der Waals surface area contributed by atoms with Crippen molar-refractivity contribution in [2.45, 2.75) is 26.1 Å². The molecule has 3 aromatic rings. The molecule has 0 bridgehead atoms. The van der Waals surface area contributed by atoms with Gasteiger partial charge in [-0.2, -0.15) is 13.2 Å². The number of benzene rings is 1. The quantitative estimate of drug-likeness (QED) is 0.657. The third kappa shape index (κ3) is 2.91. The summed E-state index contributed by atoms with van der Waals surface area (Å²) in [5, 5.41) is 11.5. The third-order valence-corrected chi connectivity index (χ3v) is 5.85. The van der Waals surface area contributed by atoms with Crippen LogP contribution in [-0.4, -0.2) is 15.5 Å². The van der Waals surface area contributed by atoms with Crippen molar-refractivity contribution in [2.75, 3.05) is 0 Å². The molecule has 0 N–H and O–H groups in total. The second kappa shape index (κ2) is 6.30. The number of nitrogens with zero attached hydrogens (tertiary/aromatic N) is 2. The predicted molar refractivity (Wildman–Crippen MR) is 96.9 cm³/mol. The average Bonchev–Trinajstić information content (AvgIpc) is 3.17. The topological polar surface area (TPSA) is 75.0 Å². The van der Waals surface area contributed by atoms with E-state index in [1.54, 1.807) is 12.1 Å². The normalized spacial score (nSPS) is 15.4. The molecule has 0 fully saturated rings. The molecule has 1 aliphatic rings. The Bertz CT molecular complexity index is 1220. The number of hydrogen-bond donors (Lipinski definition) is 0. The molecule has 0 spiro atoms. The number of aromatic carboxylic acids is 1. The molecule has 144 valence electrons. The van der Waals surface area contributed by atoms with Crippen LogP contribution in [0.25, 0.3) is 21.9 Å². The van der Waals surface area contributed by atoms with Gasteiger partial charge >= 0.3 is 6.18 Å². The van der Waals surface area contributed by atoms with Crippen molar-refractivity contribution >= 4 is 39.2 Å². The van der Waals surface area contributed by atoms with Gasteiger partial charge in [-0.15, -0.1) is 11.3 Å². The first-order valence-electron chi connectivity index (χ1n) is 8.30. The maximum atomic E-state index is 12.9. The fraction of sp³-hybridized carbons (Fsp3) is 0.211. The van der Waals surface area contributed by atoms with Crippen molar-refractivity contribution in [2.24, 2.45) is 0 Å². The maximum absolute atomic E-state index is 12.9. The first-order chi connectivity index (χ1) is 13.2. The highest BCUT2D eigenvalue weighted by Gasteiger charge is 2.30. The lowest BCUT2D eigenvalue weighted by molar-refractivity contribution is -0.254. The average molecular weight is 405 g/mol. The Morgan fingerprint density at radius 2 is 2.11 bits per heavy atom. The van der Waals surface area contributed by atoms with Crippen molar-refractivity contribution in [3.8, 4) is 0 Å². The SMILES string of the molecule is Cc1c(C(=O)[O-])sc2nc3n(c(=O)c12)CC/C3=C/c1cccc(C(F)(F)F)c1. The number of aromatic nitrogens is 2. The van der Waals surface area contributed by atoms with Crippen LogP contribution in [-0.2, 0) is 12.7 Å². The first-order valence-corrected chi connectivity index (χ1v) is 9.12. The lowest BCUT2D eigenvalue weighted by atomic mass is 10.1. The number of allylic oxidation sites excluding steroid dienone is 1. The van der Waals surface area contributed by atoms with Gasteiger partial charge in [0, 0.05) is 6.54 Å². The van der Waals surface area contributed by atoms with Crippen LogP contribution in [0, 0.1) is 6.92 Å². The molecule has 0 saturated carbocycles. The molecule has 9 heteroatoms. The third-order valence-electron chi connectivity index (χ3n) is 4.68. The molecule has 0 atom stereocenters. The summed E-state index contributed by atoms with van der Waals surface area (Å²) in [7, 11) is 0. The van der Waals surface area contributed by atoms with Crippen molar-refractivity contribution in [1.29, 1.82) is 0 Å². The fourth-order valence-electron chi connectivity index (χ4n) is 3.35. The zero-order valence-corrected chi connectivity index (χ0v) is 15.3. The number of hydrogen-bond acceptors (Lipinski definition) is 5. The standard InChI is InChI=1S/C19H13F3N2O3S/c1-9-13-16(28-14(9)18(26)27)23-15-11(5-6-24(15)17(13)25)7-10-3-2-4-12(8-10)19(20,21)22/h2-4,7-8H,5-6H2,1H3,(H,26,27)/p-1/b11-7-. The van der Waals surface area contributed by atoms with E-state index in [2.05, 4.69) is 4.98 Å². The summed E-state index contributed by atoms with van der Waals surface area (Å²) in [4.78, 5) is 28.7. The minimum Gasteiger partial charge on any atom is -0.544 e. The van der Waals surface area contributed by atoms with Gasteiger partial charge in [0.15, 0.2) is 0 Å². The second-order valence-corrected chi connectivity index (χ2v) is 7.46. The van der Waals surface area contributed by atoms with E-state index in [1.165, 1.54) is 17.6 Å².